The molecule has 2 aromatic carbocycles. The van der Waals surface area contributed by atoms with Crippen LogP contribution in [-0.4, -0.2) is 31.3 Å². The fraction of sp³-hybridized carbons (Fsp3) is 0.385. The van der Waals surface area contributed by atoms with Gasteiger partial charge in [-0.1, -0.05) is 12.1 Å². The summed E-state index contributed by atoms with van der Waals surface area (Å²) in [5, 5.41) is 0. The molecule has 1 fully saturated rings. The van der Waals surface area contributed by atoms with Crippen LogP contribution < -0.4 is 16.2 Å². The molecule has 0 radical (unpaired) electrons. The lowest BCUT2D eigenvalue weighted by molar-refractivity contribution is -0.141. The van der Waals surface area contributed by atoms with E-state index in [4.69, 9.17) is 25.7 Å². The van der Waals surface area contributed by atoms with E-state index in [9.17, 15) is 9.59 Å². The van der Waals surface area contributed by atoms with Crippen molar-refractivity contribution in [3.05, 3.63) is 59.7 Å². The molecule has 0 heterocycles. The molecule has 7 heteroatoms. The Hall–Kier alpha value is -3.32. The van der Waals surface area contributed by atoms with Crippen molar-refractivity contribution in [1.82, 2.24) is 0 Å². The molecule has 0 spiro atoms. The van der Waals surface area contributed by atoms with Crippen LogP contribution in [-0.2, 0) is 25.5 Å². The molecule has 1 saturated carbocycles. The average Bonchev–Trinajstić information content (AvgIpc) is 2.81. The number of nitrogens with two attached hydrogens (primary N) is 2. The van der Waals surface area contributed by atoms with Crippen molar-refractivity contribution in [1.29, 1.82) is 0 Å². The molecular weight excluding hydrogens is 420 g/mol. The third kappa shape index (κ3) is 7.64. The number of benzene rings is 2. The van der Waals surface area contributed by atoms with Gasteiger partial charge in [-0.15, -0.1) is 0 Å². The smallest absolute Gasteiger partial charge is 0.330 e. The number of rotatable bonds is 9. The Morgan fingerprint density at radius 1 is 1.03 bits per heavy atom. The first-order valence-corrected chi connectivity index (χ1v) is 11.4. The Balaban J connectivity index is 1.41. The molecule has 3 rings (SSSR count). The summed E-state index contributed by atoms with van der Waals surface area (Å²) in [5.74, 6) is -0.238. The molecule has 0 bridgehead atoms. The first kappa shape index (κ1) is 24.3. The van der Waals surface area contributed by atoms with Crippen LogP contribution in [0.15, 0.2) is 48.5 Å². The van der Waals surface area contributed by atoms with Crippen LogP contribution in [0.3, 0.4) is 0 Å². The molecule has 0 aromatic heterocycles. The minimum atomic E-state index is -0.448. The first-order chi connectivity index (χ1) is 15.9. The highest BCUT2D eigenvalue weighted by Crippen LogP contribution is 2.28. The van der Waals surface area contributed by atoms with Gasteiger partial charge in [-0.2, -0.15) is 0 Å². The highest BCUT2D eigenvalue weighted by molar-refractivity contribution is 5.87. The fourth-order valence-corrected chi connectivity index (χ4v) is 3.86. The van der Waals surface area contributed by atoms with Crippen LogP contribution in [0.25, 0.3) is 6.08 Å². The largest absolute Gasteiger partial charge is 0.462 e. The Bertz CT molecular complexity index is 963. The summed E-state index contributed by atoms with van der Waals surface area (Å²) in [6.45, 7) is 2.90. The zero-order valence-corrected chi connectivity index (χ0v) is 19.0. The molecule has 0 unspecified atom stereocenters. The molecule has 176 valence electrons. The van der Waals surface area contributed by atoms with Gasteiger partial charge in [0.2, 0.25) is 0 Å². The van der Waals surface area contributed by atoms with Crippen molar-refractivity contribution >= 4 is 29.4 Å². The number of anilines is 2. The van der Waals surface area contributed by atoms with Gasteiger partial charge in [0.05, 0.1) is 18.6 Å². The third-order valence-corrected chi connectivity index (χ3v) is 5.70. The van der Waals surface area contributed by atoms with E-state index >= 15 is 0 Å². The van der Waals surface area contributed by atoms with Gasteiger partial charge < -0.3 is 25.7 Å². The number of hydrogen-bond acceptors (Lipinski definition) is 7. The lowest BCUT2D eigenvalue weighted by Gasteiger charge is -2.26. The third-order valence-electron chi connectivity index (χ3n) is 5.70. The summed E-state index contributed by atoms with van der Waals surface area (Å²) >= 11 is 0. The van der Waals surface area contributed by atoms with Gasteiger partial charge in [0.1, 0.15) is 5.75 Å². The van der Waals surface area contributed by atoms with E-state index < -0.39 is 5.97 Å². The van der Waals surface area contributed by atoms with E-state index in [-0.39, 0.29) is 24.6 Å². The van der Waals surface area contributed by atoms with Crippen molar-refractivity contribution in [3.63, 3.8) is 0 Å². The Morgan fingerprint density at radius 2 is 1.76 bits per heavy atom. The predicted octanol–water partition coefficient (Wildman–Crippen LogP) is 4.15. The molecule has 7 nitrogen and oxygen atoms in total. The van der Waals surface area contributed by atoms with E-state index in [2.05, 4.69) is 0 Å². The molecular formula is C26H32N2O5. The van der Waals surface area contributed by atoms with Crippen molar-refractivity contribution in [2.75, 3.05) is 24.7 Å². The number of ether oxygens (including phenoxy) is 3. The van der Waals surface area contributed by atoms with Crippen LogP contribution in [0.5, 0.6) is 5.75 Å². The van der Waals surface area contributed by atoms with E-state index in [0.717, 1.165) is 36.8 Å². The summed E-state index contributed by atoms with van der Waals surface area (Å²) in [4.78, 5) is 24.4. The van der Waals surface area contributed by atoms with Gasteiger partial charge in [0.25, 0.3) is 0 Å². The summed E-state index contributed by atoms with van der Waals surface area (Å²) in [6, 6.07) is 12.2. The van der Waals surface area contributed by atoms with Crippen LogP contribution in [0.2, 0.25) is 0 Å². The molecule has 33 heavy (non-hydrogen) atoms. The van der Waals surface area contributed by atoms with Crippen molar-refractivity contribution < 1.29 is 23.8 Å². The lowest BCUT2D eigenvalue weighted by atomic mass is 9.87. The van der Waals surface area contributed by atoms with E-state index in [1.807, 2.05) is 6.92 Å². The van der Waals surface area contributed by atoms with Gasteiger partial charge in [-0.25, -0.2) is 4.79 Å². The maximum Gasteiger partial charge on any atom is 0.330 e. The normalized spacial score (nSPS) is 18.2. The van der Waals surface area contributed by atoms with Crippen molar-refractivity contribution in [2.45, 2.75) is 45.1 Å². The Labute approximate surface area is 194 Å². The average molecular weight is 453 g/mol. The summed E-state index contributed by atoms with van der Waals surface area (Å²) in [5.41, 5.74) is 14.5. The van der Waals surface area contributed by atoms with Gasteiger partial charge in [0, 0.05) is 30.5 Å². The quantitative estimate of drug-likeness (QED) is 0.254. The number of hydrogen-bond donors (Lipinski definition) is 2. The summed E-state index contributed by atoms with van der Waals surface area (Å²) in [6.07, 6.45) is 7.11. The molecule has 2 aromatic rings. The SMILES string of the molecule is CCOC1CCC(C(=O)Oc2ccc(/C=C/C(=O)OCCc3cc(N)ccc3N)cc2)CC1. The number of nitrogen functional groups attached to an aromatic ring is 2. The van der Waals surface area contributed by atoms with Gasteiger partial charge in [0.15, 0.2) is 0 Å². The molecule has 1 aliphatic carbocycles. The maximum absolute atomic E-state index is 12.4. The minimum absolute atomic E-state index is 0.0845. The van der Waals surface area contributed by atoms with Crippen molar-refractivity contribution in [3.8, 4) is 5.75 Å². The topological polar surface area (TPSA) is 114 Å². The van der Waals surface area contributed by atoms with Gasteiger partial charge in [-0.05, 0) is 80.1 Å². The highest BCUT2D eigenvalue weighted by atomic mass is 16.5. The minimum Gasteiger partial charge on any atom is -0.462 e. The summed E-state index contributed by atoms with van der Waals surface area (Å²) in [7, 11) is 0. The number of carbonyl (C=O) groups is 2. The zero-order chi connectivity index (χ0) is 23.6. The molecule has 1 aliphatic rings. The van der Waals surface area contributed by atoms with Gasteiger partial charge >= 0.3 is 11.9 Å². The second-order valence-electron chi connectivity index (χ2n) is 8.13. The van der Waals surface area contributed by atoms with Crippen LogP contribution in [0.1, 0.15) is 43.7 Å². The second-order valence-corrected chi connectivity index (χ2v) is 8.13. The zero-order valence-electron chi connectivity index (χ0n) is 19.0. The predicted molar refractivity (Wildman–Crippen MR) is 128 cm³/mol. The van der Waals surface area contributed by atoms with Crippen LogP contribution in [0, 0.1) is 5.92 Å². The standard InChI is InChI=1S/C26H32N2O5/c1-2-31-22-11-6-19(7-12-22)26(30)33-23-9-3-18(4-10-23)5-14-25(29)32-16-15-20-17-21(27)8-13-24(20)28/h3-5,8-10,13-14,17,19,22H,2,6-7,11-12,15-16,27-28H2,1H3/b14-5+. The second kappa shape index (κ2) is 12.1. The first-order valence-electron chi connectivity index (χ1n) is 11.4. The van der Waals surface area contributed by atoms with E-state index in [0.29, 0.717) is 30.2 Å². The molecule has 0 amide bonds. The van der Waals surface area contributed by atoms with E-state index in [1.54, 1.807) is 48.5 Å². The van der Waals surface area contributed by atoms with Crippen LogP contribution in [0.4, 0.5) is 11.4 Å². The fourth-order valence-electron chi connectivity index (χ4n) is 3.86. The summed E-state index contributed by atoms with van der Waals surface area (Å²) < 4.78 is 16.4. The maximum atomic E-state index is 12.4. The molecule has 0 aliphatic heterocycles. The highest BCUT2D eigenvalue weighted by Gasteiger charge is 2.27. The molecule has 0 atom stereocenters. The van der Waals surface area contributed by atoms with Crippen molar-refractivity contribution in [2.24, 2.45) is 5.92 Å². The Morgan fingerprint density at radius 3 is 2.45 bits per heavy atom. The monoisotopic (exact) mass is 452 g/mol. The van der Waals surface area contributed by atoms with E-state index in [1.165, 1.54) is 6.08 Å². The number of carbonyl (C=O) groups excluding carboxylic acids is 2. The number of esters is 2. The Kier molecular flexibility index (Phi) is 8.89. The lowest BCUT2D eigenvalue weighted by Crippen LogP contribution is -2.28. The van der Waals surface area contributed by atoms with Gasteiger partial charge in [-0.3, -0.25) is 4.79 Å². The molecule has 4 N–H and O–H groups in total. The van der Waals surface area contributed by atoms with Crippen LogP contribution >= 0.6 is 0 Å². The molecule has 0 saturated heterocycles.